The number of benzene rings is 1. The number of fused-ring (bicyclic) bond motifs is 1. The quantitative estimate of drug-likeness (QED) is 0.710. The Morgan fingerprint density at radius 1 is 1.25 bits per heavy atom. The van der Waals surface area contributed by atoms with Crippen molar-refractivity contribution in [1.29, 1.82) is 0 Å². The molecule has 1 amide bonds. The van der Waals surface area contributed by atoms with Crippen molar-refractivity contribution >= 4 is 11.6 Å². The van der Waals surface area contributed by atoms with Crippen LogP contribution in [-0.4, -0.2) is 13.0 Å². The van der Waals surface area contributed by atoms with Crippen molar-refractivity contribution in [3.63, 3.8) is 0 Å². The van der Waals surface area contributed by atoms with Gasteiger partial charge in [-0.3, -0.25) is 4.79 Å². The van der Waals surface area contributed by atoms with Gasteiger partial charge in [-0.25, -0.2) is 0 Å². The number of aryl methyl sites for hydroxylation is 2. The number of rotatable bonds is 1. The summed E-state index contributed by atoms with van der Waals surface area (Å²) in [6.07, 6.45) is 2.56. The number of amides is 1. The molecule has 16 heavy (non-hydrogen) atoms. The van der Waals surface area contributed by atoms with Crippen LogP contribution >= 0.6 is 0 Å². The molecule has 0 aromatic heterocycles. The smallest absolute Gasteiger partial charge is 0.227 e. The maximum Gasteiger partial charge on any atom is 0.227 e. The van der Waals surface area contributed by atoms with E-state index >= 15 is 0 Å². The zero-order valence-corrected chi connectivity index (χ0v) is 10.7. The van der Waals surface area contributed by atoms with Gasteiger partial charge in [-0.15, -0.1) is 0 Å². The first-order valence-corrected chi connectivity index (χ1v) is 6.10. The van der Waals surface area contributed by atoms with Crippen LogP contribution in [0.25, 0.3) is 0 Å². The lowest BCUT2D eigenvalue weighted by molar-refractivity contribution is -0.118. The van der Waals surface area contributed by atoms with E-state index in [2.05, 4.69) is 25.1 Å². The Morgan fingerprint density at radius 2 is 1.94 bits per heavy atom. The fourth-order valence-electron chi connectivity index (χ4n) is 1.90. The number of anilines is 1. The molecule has 0 spiro atoms. The van der Waals surface area contributed by atoms with Crippen LogP contribution in [0.5, 0.6) is 0 Å². The third-order valence-electron chi connectivity index (χ3n) is 2.90. The molecule has 2 heteroatoms. The van der Waals surface area contributed by atoms with Crippen LogP contribution in [0.15, 0.2) is 18.2 Å². The molecule has 88 valence electrons. The van der Waals surface area contributed by atoms with Gasteiger partial charge in [-0.1, -0.05) is 32.9 Å². The van der Waals surface area contributed by atoms with E-state index in [0.717, 1.165) is 18.5 Å². The molecule has 0 N–H and O–H groups in total. The highest BCUT2D eigenvalue weighted by Crippen LogP contribution is 2.27. The molecule has 0 aliphatic carbocycles. The van der Waals surface area contributed by atoms with Gasteiger partial charge in [0, 0.05) is 19.2 Å². The summed E-state index contributed by atoms with van der Waals surface area (Å²) >= 11 is 0. The first-order chi connectivity index (χ1) is 7.72. The summed E-state index contributed by atoms with van der Waals surface area (Å²) in [7, 11) is 1.86. The highest BCUT2D eigenvalue weighted by molar-refractivity contribution is 5.95. The lowest BCUT2D eigenvalue weighted by Gasteiger charge is -2.26. The summed E-state index contributed by atoms with van der Waals surface area (Å²) in [4.78, 5) is 13.3. The van der Waals surface area contributed by atoms with Crippen molar-refractivity contribution < 1.29 is 4.79 Å². The lowest BCUT2D eigenvalue weighted by atomic mass is 9.99. The second-order valence-corrected chi connectivity index (χ2v) is 3.77. The Kier molecular flexibility index (Phi) is 4.53. The molecule has 1 heterocycles. The van der Waals surface area contributed by atoms with Gasteiger partial charge in [0.05, 0.1) is 0 Å². The van der Waals surface area contributed by atoms with Gasteiger partial charge in [0.1, 0.15) is 0 Å². The average molecular weight is 219 g/mol. The van der Waals surface area contributed by atoms with Crippen molar-refractivity contribution in [3.8, 4) is 0 Å². The van der Waals surface area contributed by atoms with E-state index in [4.69, 9.17) is 0 Å². The maximum atomic E-state index is 11.5. The van der Waals surface area contributed by atoms with Gasteiger partial charge in [0.2, 0.25) is 5.91 Å². The third-order valence-corrected chi connectivity index (χ3v) is 2.90. The normalized spacial score (nSPS) is 14.0. The molecule has 2 rings (SSSR count). The molecular weight excluding hydrogens is 198 g/mol. The van der Waals surface area contributed by atoms with Crippen LogP contribution in [0.3, 0.4) is 0 Å². The summed E-state index contributed by atoms with van der Waals surface area (Å²) in [6.45, 7) is 6.13. The van der Waals surface area contributed by atoms with Gasteiger partial charge < -0.3 is 4.90 Å². The first kappa shape index (κ1) is 12.8. The van der Waals surface area contributed by atoms with E-state index in [0.29, 0.717) is 6.42 Å². The highest BCUT2D eigenvalue weighted by Gasteiger charge is 2.20. The minimum atomic E-state index is 0.228. The van der Waals surface area contributed by atoms with E-state index < -0.39 is 0 Å². The molecule has 0 fully saturated rings. The van der Waals surface area contributed by atoms with Crippen molar-refractivity contribution in [2.75, 3.05) is 11.9 Å². The van der Waals surface area contributed by atoms with Crippen LogP contribution in [0.4, 0.5) is 5.69 Å². The molecule has 1 aromatic carbocycles. The number of carbonyl (C=O) groups is 1. The number of nitrogens with zero attached hydrogens (tertiary/aromatic N) is 1. The molecule has 0 atom stereocenters. The predicted molar refractivity (Wildman–Crippen MR) is 68.9 cm³/mol. The molecule has 1 aromatic rings. The van der Waals surface area contributed by atoms with Crippen molar-refractivity contribution in [3.05, 3.63) is 29.3 Å². The molecule has 0 radical (unpaired) electrons. The van der Waals surface area contributed by atoms with Crippen LogP contribution in [0.1, 0.15) is 38.3 Å². The van der Waals surface area contributed by atoms with Gasteiger partial charge >= 0.3 is 0 Å². The summed E-state index contributed by atoms with van der Waals surface area (Å²) < 4.78 is 0. The lowest BCUT2D eigenvalue weighted by Crippen LogP contribution is -2.31. The van der Waals surface area contributed by atoms with E-state index in [-0.39, 0.29) is 5.91 Å². The number of hydrogen-bond donors (Lipinski definition) is 0. The van der Waals surface area contributed by atoms with Crippen molar-refractivity contribution in [1.82, 2.24) is 0 Å². The second kappa shape index (κ2) is 5.69. The maximum absolute atomic E-state index is 11.5. The molecule has 1 aliphatic heterocycles. The highest BCUT2D eigenvalue weighted by atomic mass is 16.2. The monoisotopic (exact) mass is 219 g/mol. The first-order valence-electron chi connectivity index (χ1n) is 6.10. The van der Waals surface area contributed by atoms with Gasteiger partial charge in [0.15, 0.2) is 0 Å². The van der Waals surface area contributed by atoms with E-state index in [1.165, 1.54) is 11.1 Å². The Balaban J connectivity index is 0.000000606. The van der Waals surface area contributed by atoms with Crippen molar-refractivity contribution in [2.24, 2.45) is 0 Å². The Morgan fingerprint density at radius 3 is 2.56 bits per heavy atom. The zero-order chi connectivity index (χ0) is 12.1. The Bertz CT molecular complexity index is 371. The average Bonchev–Trinajstić information content (AvgIpc) is 2.36. The van der Waals surface area contributed by atoms with Crippen LogP contribution in [0, 0.1) is 0 Å². The van der Waals surface area contributed by atoms with Gasteiger partial charge in [0.25, 0.3) is 0 Å². The fourth-order valence-corrected chi connectivity index (χ4v) is 1.90. The number of hydrogen-bond acceptors (Lipinski definition) is 1. The Labute approximate surface area is 98.3 Å². The van der Waals surface area contributed by atoms with Gasteiger partial charge in [-0.05, 0) is 30.0 Å². The second-order valence-electron chi connectivity index (χ2n) is 3.77. The Hall–Kier alpha value is -1.31. The van der Waals surface area contributed by atoms with Gasteiger partial charge in [-0.2, -0.15) is 0 Å². The van der Waals surface area contributed by atoms with Crippen LogP contribution in [-0.2, 0) is 17.6 Å². The van der Waals surface area contributed by atoms with E-state index in [9.17, 15) is 4.79 Å². The third kappa shape index (κ3) is 2.43. The molecule has 0 unspecified atom stereocenters. The summed E-state index contributed by atoms with van der Waals surface area (Å²) in [5.41, 5.74) is 3.69. The minimum absolute atomic E-state index is 0.228. The molecule has 0 saturated carbocycles. The summed E-state index contributed by atoms with van der Waals surface area (Å²) in [5.74, 6) is 0.228. The van der Waals surface area contributed by atoms with E-state index in [1.807, 2.05) is 20.9 Å². The molecule has 2 nitrogen and oxygen atoms in total. The fraction of sp³-hybridized carbons (Fsp3) is 0.500. The number of carbonyl (C=O) groups excluding carboxylic acids is 1. The van der Waals surface area contributed by atoms with E-state index in [1.54, 1.807) is 4.90 Å². The molecule has 0 bridgehead atoms. The topological polar surface area (TPSA) is 20.3 Å². The zero-order valence-electron chi connectivity index (χ0n) is 10.7. The largest absolute Gasteiger partial charge is 0.315 e. The van der Waals surface area contributed by atoms with Crippen molar-refractivity contribution in [2.45, 2.75) is 40.0 Å². The SMILES string of the molecule is CC.CCc1ccc2c(c1)N(C)C(=O)CC2. The van der Waals surface area contributed by atoms with Crippen LogP contribution < -0.4 is 4.90 Å². The standard InChI is InChI=1S/C12H15NO.C2H6/c1-3-9-4-5-10-6-7-12(14)13(2)11(10)8-9;1-2/h4-5,8H,3,6-7H2,1-2H3;1-2H3. The molecule has 1 aliphatic rings. The summed E-state index contributed by atoms with van der Waals surface area (Å²) in [5, 5.41) is 0. The molecular formula is C14H21NO. The minimum Gasteiger partial charge on any atom is -0.315 e. The predicted octanol–water partition coefficient (Wildman–Crippen LogP) is 3.18. The summed E-state index contributed by atoms with van der Waals surface area (Å²) in [6, 6.07) is 6.44. The van der Waals surface area contributed by atoms with Crippen LogP contribution in [0.2, 0.25) is 0 Å². The molecule has 0 saturated heterocycles.